The van der Waals surface area contributed by atoms with E-state index >= 15 is 0 Å². The van der Waals surface area contributed by atoms with E-state index in [-0.39, 0.29) is 17.9 Å². The van der Waals surface area contributed by atoms with Crippen LogP contribution in [0.1, 0.15) is 22.9 Å². The molecule has 1 aromatic carbocycles. The van der Waals surface area contributed by atoms with Crippen molar-refractivity contribution in [3.63, 3.8) is 0 Å². The summed E-state index contributed by atoms with van der Waals surface area (Å²) in [6.45, 7) is 0. The van der Waals surface area contributed by atoms with Crippen molar-refractivity contribution < 1.29 is 32.2 Å². The van der Waals surface area contributed by atoms with Crippen molar-refractivity contribution in [3.05, 3.63) is 40.1 Å². The van der Waals surface area contributed by atoms with Gasteiger partial charge in [-0.25, -0.2) is 4.79 Å². The van der Waals surface area contributed by atoms with Gasteiger partial charge in [-0.2, -0.15) is 13.2 Å². The third-order valence-corrected chi connectivity index (χ3v) is 5.14. The van der Waals surface area contributed by atoms with E-state index in [0.717, 1.165) is 23.1 Å². The first-order chi connectivity index (χ1) is 12.8. The van der Waals surface area contributed by atoms with E-state index in [9.17, 15) is 22.8 Å². The second-order valence-electron chi connectivity index (χ2n) is 5.68. The number of hydrogen-bond acceptors (Lipinski definition) is 5. The van der Waals surface area contributed by atoms with Crippen molar-refractivity contribution >= 4 is 34.7 Å². The number of nitrogens with one attached hydrogen (secondary N) is 1. The summed E-state index contributed by atoms with van der Waals surface area (Å²) < 4.78 is 49.4. The lowest BCUT2D eigenvalue weighted by molar-refractivity contribution is -0.141. The number of alkyl halides is 3. The lowest BCUT2D eigenvalue weighted by atomic mass is 10.0. The number of hydrogen-bond donors (Lipinski definition) is 1. The molecule has 2 aromatic rings. The van der Waals surface area contributed by atoms with Gasteiger partial charge >= 0.3 is 18.2 Å². The number of methoxy groups -OCH3 is 2. The number of fused-ring (bicyclic) bond motifs is 1. The molecule has 144 valence electrons. The Hall–Kier alpha value is -2.75. The molecule has 0 fully saturated rings. The monoisotopic (exact) mass is 400 g/mol. The van der Waals surface area contributed by atoms with Crippen molar-refractivity contribution in [2.24, 2.45) is 0 Å². The van der Waals surface area contributed by atoms with Gasteiger partial charge in [0.15, 0.2) is 0 Å². The molecule has 10 heteroatoms. The Balaban J connectivity index is 2.15. The van der Waals surface area contributed by atoms with E-state index < -0.39 is 29.8 Å². The summed E-state index contributed by atoms with van der Waals surface area (Å²) in [7, 11) is 2.50. The number of benzene rings is 1. The van der Waals surface area contributed by atoms with E-state index in [1.54, 1.807) is 11.4 Å². The molecule has 27 heavy (non-hydrogen) atoms. The fourth-order valence-electron chi connectivity index (χ4n) is 2.87. The van der Waals surface area contributed by atoms with Gasteiger partial charge in [0.2, 0.25) is 0 Å². The number of ether oxygens (including phenoxy) is 2. The molecular formula is C17H15F3N2O4S. The summed E-state index contributed by atoms with van der Waals surface area (Å²) in [5.41, 5.74) is -0.501. The van der Waals surface area contributed by atoms with Crippen LogP contribution in [0.2, 0.25) is 0 Å². The number of nitrogens with zero attached hydrogens (tertiary/aromatic N) is 1. The highest BCUT2D eigenvalue weighted by molar-refractivity contribution is 7.10. The molecule has 2 heterocycles. The molecule has 1 N–H and O–H groups in total. The average Bonchev–Trinajstić information content (AvgIpc) is 3.08. The van der Waals surface area contributed by atoms with Gasteiger partial charge in [0.25, 0.3) is 0 Å². The van der Waals surface area contributed by atoms with Crippen molar-refractivity contribution in [3.8, 4) is 5.75 Å². The Morgan fingerprint density at radius 1 is 1.30 bits per heavy atom. The van der Waals surface area contributed by atoms with Gasteiger partial charge < -0.3 is 14.8 Å². The van der Waals surface area contributed by atoms with Crippen LogP contribution < -0.4 is 15.0 Å². The zero-order chi connectivity index (χ0) is 19.8. The first-order valence-corrected chi connectivity index (χ1v) is 8.64. The molecule has 2 amide bonds. The molecule has 0 saturated carbocycles. The third-order valence-electron chi connectivity index (χ3n) is 4.12. The van der Waals surface area contributed by atoms with Crippen LogP contribution in [0.25, 0.3) is 0 Å². The van der Waals surface area contributed by atoms with Crippen LogP contribution in [0.5, 0.6) is 5.75 Å². The molecule has 1 aromatic heterocycles. The van der Waals surface area contributed by atoms with Crippen LogP contribution >= 0.6 is 11.3 Å². The minimum Gasteiger partial charge on any atom is -0.495 e. The summed E-state index contributed by atoms with van der Waals surface area (Å²) in [6.07, 6.45) is -4.81. The van der Waals surface area contributed by atoms with Crippen molar-refractivity contribution in [2.45, 2.75) is 18.6 Å². The minimum atomic E-state index is -4.60. The number of esters is 1. The van der Waals surface area contributed by atoms with Gasteiger partial charge in [0, 0.05) is 0 Å². The maximum Gasteiger partial charge on any atom is 0.416 e. The first-order valence-electron chi connectivity index (χ1n) is 7.76. The number of thiophene rings is 1. The summed E-state index contributed by atoms with van der Waals surface area (Å²) in [5, 5.41) is 4.35. The molecule has 1 aliphatic rings. The van der Waals surface area contributed by atoms with Crippen LogP contribution in [0.15, 0.2) is 29.6 Å². The fraction of sp³-hybridized carbons (Fsp3) is 0.294. The first kappa shape index (κ1) is 19.0. The summed E-state index contributed by atoms with van der Waals surface area (Å²) in [5.74, 6) is -0.516. The molecule has 0 spiro atoms. The van der Waals surface area contributed by atoms with Crippen LogP contribution in [0.3, 0.4) is 0 Å². The standard InChI is InChI=1S/C17H15F3N2O4S/c1-25-13-4-3-9(17(18,19)20)7-11(13)22-12(8-14(23)26-2)15-10(5-6-27-15)21-16(22)24/h3-7,12H,8H2,1-2H3,(H,21,24). The molecule has 0 radical (unpaired) electrons. The topological polar surface area (TPSA) is 67.9 Å². The van der Waals surface area contributed by atoms with Crippen LogP contribution in [0, 0.1) is 0 Å². The van der Waals surface area contributed by atoms with Gasteiger partial charge in [0.05, 0.1) is 48.5 Å². The SMILES string of the molecule is COC(=O)CC1c2sccc2NC(=O)N1c1cc(C(F)(F)F)ccc1OC. The summed E-state index contributed by atoms with van der Waals surface area (Å²) in [6, 6.07) is 3.04. The number of halogens is 3. The smallest absolute Gasteiger partial charge is 0.416 e. The van der Waals surface area contributed by atoms with E-state index in [0.29, 0.717) is 10.6 Å². The molecule has 6 nitrogen and oxygen atoms in total. The van der Waals surface area contributed by atoms with Crippen molar-refractivity contribution in [1.82, 2.24) is 0 Å². The Morgan fingerprint density at radius 2 is 2.04 bits per heavy atom. The lowest BCUT2D eigenvalue weighted by Gasteiger charge is -2.36. The highest BCUT2D eigenvalue weighted by Gasteiger charge is 2.39. The number of rotatable bonds is 4. The molecule has 1 atom stereocenters. The third kappa shape index (κ3) is 3.57. The van der Waals surface area contributed by atoms with Crippen molar-refractivity contribution in [2.75, 3.05) is 24.4 Å². The van der Waals surface area contributed by atoms with E-state index in [2.05, 4.69) is 5.32 Å². The molecule has 0 bridgehead atoms. The number of carbonyl (C=O) groups is 2. The quantitative estimate of drug-likeness (QED) is 0.771. The Bertz CT molecular complexity index is 881. The maximum absolute atomic E-state index is 13.2. The maximum atomic E-state index is 13.2. The van der Waals surface area contributed by atoms with E-state index in [1.807, 2.05) is 0 Å². The average molecular weight is 400 g/mol. The zero-order valence-corrected chi connectivity index (χ0v) is 15.1. The van der Waals surface area contributed by atoms with E-state index in [4.69, 9.17) is 9.47 Å². The fourth-order valence-corrected chi connectivity index (χ4v) is 3.82. The van der Waals surface area contributed by atoms with Gasteiger partial charge in [0.1, 0.15) is 5.75 Å². The van der Waals surface area contributed by atoms with Gasteiger partial charge in [-0.05, 0) is 29.6 Å². The predicted molar refractivity (Wildman–Crippen MR) is 93.2 cm³/mol. The van der Waals surface area contributed by atoms with Gasteiger partial charge in [-0.1, -0.05) is 0 Å². The number of amides is 2. The highest BCUT2D eigenvalue weighted by atomic mass is 32.1. The van der Waals surface area contributed by atoms with Crippen LogP contribution in [-0.4, -0.2) is 26.2 Å². The molecule has 3 rings (SSSR count). The Kier molecular flexibility index (Phi) is 5.01. The predicted octanol–water partition coefficient (Wildman–Crippen LogP) is 4.43. The van der Waals surface area contributed by atoms with Gasteiger partial charge in [-0.15, -0.1) is 11.3 Å². The van der Waals surface area contributed by atoms with Crippen LogP contribution in [0.4, 0.5) is 29.3 Å². The zero-order valence-electron chi connectivity index (χ0n) is 14.3. The molecular weight excluding hydrogens is 385 g/mol. The second kappa shape index (κ2) is 7.10. The number of urea groups is 1. The second-order valence-corrected chi connectivity index (χ2v) is 6.63. The number of carbonyl (C=O) groups excluding carboxylic acids is 2. The van der Waals surface area contributed by atoms with Gasteiger partial charge in [-0.3, -0.25) is 9.69 Å². The number of anilines is 2. The van der Waals surface area contributed by atoms with Crippen molar-refractivity contribution in [1.29, 1.82) is 0 Å². The molecule has 1 unspecified atom stereocenters. The highest BCUT2D eigenvalue weighted by Crippen LogP contribution is 2.45. The molecule has 0 aliphatic carbocycles. The Morgan fingerprint density at radius 3 is 2.67 bits per heavy atom. The largest absolute Gasteiger partial charge is 0.495 e. The normalized spacial score (nSPS) is 16.6. The summed E-state index contributed by atoms with van der Waals surface area (Å²) >= 11 is 1.28. The Labute approximate surface area is 156 Å². The molecule has 1 aliphatic heterocycles. The molecule has 0 saturated heterocycles. The van der Waals surface area contributed by atoms with Crippen LogP contribution in [-0.2, 0) is 15.7 Å². The minimum absolute atomic E-state index is 0.0769. The lowest BCUT2D eigenvalue weighted by Crippen LogP contribution is -2.43. The van der Waals surface area contributed by atoms with E-state index in [1.165, 1.54) is 25.6 Å². The summed E-state index contributed by atoms with van der Waals surface area (Å²) in [4.78, 5) is 26.3.